The Morgan fingerprint density at radius 2 is 1.91 bits per heavy atom. The number of benzene rings is 1. The molecule has 1 fully saturated rings. The largest absolute Gasteiger partial charge is 0.465 e. The van der Waals surface area contributed by atoms with E-state index in [0.29, 0.717) is 5.69 Å². The Kier molecular flexibility index (Phi) is 3.35. The molecule has 2 N–H and O–H groups in total. The third kappa shape index (κ3) is 2.64. The number of amides is 1. The first-order valence-corrected chi connectivity index (χ1v) is 6.97. The van der Waals surface area contributed by atoms with Gasteiger partial charge in [-0.1, -0.05) is 17.7 Å². The van der Waals surface area contributed by atoms with Gasteiger partial charge in [-0.15, -0.1) is 0 Å². The summed E-state index contributed by atoms with van der Waals surface area (Å²) in [6.07, 6.45) is -5.83. The molecule has 23 heavy (non-hydrogen) atoms. The highest BCUT2D eigenvalue weighted by molar-refractivity contribution is 5.82. The van der Waals surface area contributed by atoms with Gasteiger partial charge < -0.3 is 5.11 Å². The van der Waals surface area contributed by atoms with Gasteiger partial charge in [0.05, 0.1) is 11.4 Å². The molecule has 1 aromatic heterocycles. The van der Waals surface area contributed by atoms with Crippen molar-refractivity contribution < 1.29 is 23.1 Å². The predicted octanol–water partition coefficient (Wildman–Crippen LogP) is 3.86. The van der Waals surface area contributed by atoms with E-state index in [1.165, 1.54) is 4.68 Å². The smallest absolute Gasteiger partial charge is 0.410 e. The van der Waals surface area contributed by atoms with Crippen LogP contribution < -0.4 is 5.32 Å². The number of halogens is 3. The van der Waals surface area contributed by atoms with Gasteiger partial charge in [-0.25, -0.2) is 9.48 Å². The lowest BCUT2D eigenvalue weighted by Crippen LogP contribution is -2.29. The van der Waals surface area contributed by atoms with E-state index < -0.39 is 17.7 Å². The fourth-order valence-corrected chi connectivity index (χ4v) is 2.51. The van der Waals surface area contributed by atoms with Crippen LogP contribution >= 0.6 is 0 Å². The molecular weight excluding hydrogens is 311 g/mol. The van der Waals surface area contributed by atoms with Crippen LogP contribution in [-0.4, -0.2) is 27.2 Å². The summed E-state index contributed by atoms with van der Waals surface area (Å²) in [5.74, 6) is -0.00752. The summed E-state index contributed by atoms with van der Waals surface area (Å²) >= 11 is 0. The van der Waals surface area contributed by atoms with Crippen LogP contribution in [0.3, 0.4) is 0 Å². The maximum atomic E-state index is 13.3. The lowest BCUT2D eigenvalue weighted by atomic mass is 10.0. The third-order valence-electron chi connectivity index (χ3n) is 4.01. The minimum absolute atomic E-state index is 0.00752. The van der Waals surface area contributed by atoms with Gasteiger partial charge in [0.2, 0.25) is 0 Å². The van der Waals surface area contributed by atoms with E-state index in [-0.39, 0.29) is 24.4 Å². The quantitative estimate of drug-likeness (QED) is 0.900. The Morgan fingerprint density at radius 1 is 1.30 bits per heavy atom. The highest BCUT2D eigenvalue weighted by Crippen LogP contribution is 2.58. The Bertz CT molecular complexity index is 746. The summed E-state index contributed by atoms with van der Waals surface area (Å²) in [6.45, 7) is 1.87. The molecule has 0 saturated heterocycles. The number of carboxylic acid groups (broad SMARTS) is 1. The molecule has 0 unspecified atom stereocenters. The van der Waals surface area contributed by atoms with E-state index in [1.807, 2.05) is 6.92 Å². The molecule has 2 aromatic rings. The van der Waals surface area contributed by atoms with Crippen LogP contribution in [0.2, 0.25) is 0 Å². The highest BCUT2D eigenvalue weighted by Gasteiger charge is 2.65. The second-order valence-electron chi connectivity index (χ2n) is 5.67. The number of nitrogens with zero attached hydrogens (tertiary/aromatic N) is 2. The number of hydrogen-bond acceptors (Lipinski definition) is 2. The molecule has 1 amide bonds. The number of carbonyl (C=O) groups is 1. The molecule has 0 aliphatic heterocycles. The van der Waals surface area contributed by atoms with Crippen LogP contribution in [0.25, 0.3) is 5.69 Å². The fourth-order valence-electron chi connectivity index (χ4n) is 2.51. The topological polar surface area (TPSA) is 67.2 Å². The van der Waals surface area contributed by atoms with E-state index in [1.54, 1.807) is 24.3 Å². The highest BCUT2D eigenvalue weighted by atomic mass is 19.4. The van der Waals surface area contributed by atoms with Gasteiger partial charge in [-0.05, 0) is 31.9 Å². The van der Waals surface area contributed by atoms with Gasteiger partial charge in [0, 0.05) is 6.07 Å². The molecule has 0 spiro atoms. The summed E-state index contributed by atoms with van der Waals surface area (Å²) in [4.78, 5) is 10.9. The van der Waals surface area contributed by atoms with E-state index in [2.05, 4.69) is 10.4 Å². The number of hydrogen-bond donors (Lipinski definition) is 2. The molecule has 5 nitrogen and oxygen atoms in total. The zero-order valence-corrected chi connectivity index (χ0v) is 12.2. The van der Waals surface area contributed by atoms with Gasteiger partial charge in [-0.3, -0.25) is 5.32 Å². The maximum Gasteiger partial charge on any atom is 0.410 e. The SMILES string of the molecule is Cc1ccc(-n2nc(C3(C(F)(F)F)CC3)cc2NC(=O)O)cc1. The fraction of sp³-hybridized carbons (Fsp3) is 0.333. The van der Waals surface area contributed by atoms with Crippen LogP contribution in [0.15, 0.2) is 30.3 Å². The predicted molar refractivity (Wildman–Crippen MR) is 76.9 cm³/mol. The first-order valence-electron chi connectivity index (χ1n) is 6.97. The summed E-state index contributed by atoms with van der Waals surface area (Å²) in [5.41, 5.74) is -0.654. The second kappa shape index (κ2) is 5.00. The molecule has 1 aliphatic rings. The average molecular weight is 325 g/mol. The summed E-state index contributed by atoms with van der Waals surface area (Å²) in [5, 5.41) is 15.0. The van der Waals surface area contributed by atoms with E-state index >= 15 is 0 Å². The van der Waals surface area contributed by atoms with Crippen LogP contribution in [-0.2, 0) is 5.41 Å². The second-order valence-corrected chi connectivity index (χ2v) is 5.67. The molecule has 0 radical (unpaired) electrons. The number of rotatable bonds is 3. The summed E-state index contributed by atoms with van der Waals surface area (Å²) < 4.78 is 41.0. The first kappa shape index (κ1) is 15.4. The number of aromatic nitrogens is 2. The molecule has 3 rings (SSSR count). The summed E-state index contributed by atoms with van der Waals surface area (Å²) in [7, 11) is 0. The van der Waals surface area contributed by atoms with Gasteiger partial charge in [0.15, 0.2) is 0 Å². The van der Waals surface area contributed by atoms with E-state index in [4.69, 9.17) is 5.11 Å². The lowest BCUT2D eigenvalue weighted by molar-refractivity contribution is -0.161. The molecule has 122 valence electrons. The van der Waals surface area contributed by atoms with Gasteiger partial charge >= 0.3 is 12.3 Å². The Labute approximate surface area is 129 Å². The number of alkyl halides is 3. The minimum atomic E-state index is -4.40. The van der Waals surface area contributed by atoms with Crippen molar-refractivity contribution in [3.8, 4) is 5.69 Å². The van der Waals surface area contributed by atoms with E-state index in [0.717, 1.165) is 11.6 Å². The van der Waals surface area contributed by atoms with Crippen LogP contribution in [0.1, 0.15) is 24.1 Å². The summed E-state index contributed by atoms with van der Waals surface area (Å²) in [6, 6.07) is 8.06. The third-order valence-corrected chi connectivity index (χ3v) is 4.01. The van der Waals surface area contributed by atoms with Crippen molar-refractivity contribution in [2.75, 3.05) is 5.32 Å². The van der Waals surface area contributed by atoms with Crippen LogP contribution in [0, 0.1) is 6.92 Å². The molecule has 0 atom stereocenters. The van der Waals surface area contributed by atoms with Crippen molar-refractivity contribution in [2.45, 2.75) is 31.4 Å². The standard InChI is InChI=1S/C15H14F3N3O2/c1-9-2-4-10(5-3-9)21-12(19-13(22)23)8-11(20-21)14(6-7-14)15(16,17)18/h2-5,8,19H,6-7H2,1H3,(H,22,23). The minimum Gasteiger partial charge on any atom is -0.465 e. The van der Waals surface area contributed by atoms with Crippen molar-refractivity contribution >= 4 is 11.9 Å². The first-order chi connectivity index (χ1) is 10.7. The van der Waals surface area contributed by atoms with Crippen molar-refractivity contribution in [3.05, 3.63) is 41.6 Å². The molecule has 8 heteroatoms. The van der Waals surface area contributed by atoms with Gasteiger partial charge in [0.1, 0.15) is 11.2 Å². The lowest BCUT2D eigenvalue weighted by Gasteiger charge is -2.16. The average Bonchev–Trinajstić information content (AvgIpc) is 3.17. The van der Waals surface area contributed by atoms with E-state index in [9.17, 15) is 18.0 Å². The van der Waals surface area contributed by atoms with Crippen LogP contribution in [0.5, 0.6) is 0 Å². The van der Waals surface area contributed by atoms with Gasteiger partial charge in [0.25, 0.3) is 0 Å². The maximum absolute atomic E-state index is 13.3. The molecule has 1 aromatic carbocycles. The monoisotopic (exact) mass is 325 g/mol. The molecule has 1 saturated carbocycles. The van der Waals surface area contributed by atoms with Crippen LogP contribution in [0.4, 0.5) is 23.8 Å². The zero-order chi connectivity index (χ0) is 16.8. The number of anilines is 1. The molecular formula is C15H14F3N3O2. The van der Waals surface area contributed by atoms with Crippen molar-refractivity contribution in [1.29, 1.82) is 0 Å². The van der Waals surface area contributed by atoms with Crippen molar-refractivity contribution in [3.63, 3.8) is 0 Å². The Morgan fingerprint density at radius 3 is 2.39 bits per heavy atom. The molecule has 0 bridgehead atoms. The van der Waals surface area contributed by atoms with Gasteiger partial charge in [-0.2, -0.15) is 18.3 Å². The van der Waals surface area contributed by atoms with Crippen molar-refractivity contribution in [2.24, 2.45) is 0 Å². The number of nitrogens with one attached hydrogen (secondary N) is 1. The zero-order valence-electron chi connectivity index (χ0n) is 12.2. The Balaban J connectivity index is 2.08. The van der Waals surface area contributed by atoms with Crippen molar-refractivity contribution in [1.82, 2.24) is 9.78 Å². The molecule has 1 heterocycles. The Hall–Kier alpha value is -2.51. The number of aryl methyl sites for hydroxylation is 1. The molecule has 1 aliphatic carbocycles. The normalized spacial score (nSPS) is 16.2.